The molecule has 0 radical (unpaired) electrons. The predicted molar refractivity (Wildman–Crippen MR) is 91.2 cm³/mol. The molecule has 0 amide bonds. The Balaban J connectivity index is 1.85. The molecule has 3 fully saturated rings. The van der Waals surface area contributed by atoms with Gasteiger partial charge in [-0.05, 0) is 38.7 Å². The number of aliphatic hydroxyl groups is 2. The lowest BCUT2D eigenvalue weighted by Crippen LogP contribution is -2.61. The monoisotopic (exact) mass is 462 g/mol. The topological polar surface area (TPSA) is 85.2 Å². The fraction of sp³-hybridized carbons (Fsp3) is 0.842. The Morgan fingerprint density at radius 1 is 1.19 bits per heavy atom. The molecule has 7 atom stereocenters. The van der Waals surface area contributed by atoms with Gasteiger partial charge >= 0.3 is 18.3 Å². The van der Waals surface area contributed by atoms with Crippen LogP contribution < -0.4 is 0 Å². The van der Waals surface area contributed by atoms with Crippen molar-refractivity contribution in [1.82, 2.24) is 0 Å². The van der Waals surface area contributed by atoms with Gasteiger partial charge in [-0.2, -0.15) is 26.3 Å². The second kappa shape index (κ2) is 7.32. The van der Waals surface area contributed by atoms with Gasteiger partial charge in [-0.15, -0.1) is 0 Å². The van der Waals surface area contributed by atoms with E-state index in [0.717, 1.165) is 0 Å². The molecule has 0 aromatic heterocycles. The Morgan fingerprint density at radius 3 is 2.23 bits per heavy atom. The average Bonchev–Trinajstić information content (AvgIpc) is 3.21. The van der Waals surface area contributed by atoms with Crippen molar-refractivity contribution in [2.75, 3.05) is 6.61 Å². The van der Waals surface area contributed by atoms with Crippen LogP contribution in [0, 0.1) is 23.7 Å². The summed E-state index contributed by atoms with van der Waals surface area (Å²) in [7, 11) is 0. The number of hydrogen-bond acceptors (Lipinski definition) is 6. The van der Waals surface area contributed by atoms with E-state index in [4.69, 9.17) is 14.2 Å². The van der Waals surface area contributed by atoms with E-state index in [9.17, 15) is 41.4 Å². The molecule has 7 unspecified atom stereocenters. The van der Waals surface area contributed by atoms with Crippen LogP contribution in [0.4, 0.5) is 26.3 Å². The van der Waals surface area contributed by atoms with E-state index in [-0.39, 0.29) is 11.5 Å². The van der Waals surface area contributed by atoms with Crippen molar-refractivity contribution < 1.29 is 55.6 Å². The Kier molecular flexibility index (Phi) is 5.74. The van der Waals surface area contributed by atoms with E-state index in [1.807, 2.05) is 0 Å². The summed E-state index contributed by atoms with van der Waals surface area (Å²) in [5, 5.41) is 19.4. The van der Waals surface area contributed by atoms with Gasteiger partial charge in [-0.3, -0.25) is 4.79 Å². The first-order valence-corrected chi connectivity index (χ1v) is 9.61. The van der Waals surface area contributed by atoms with Crippen LogP contribution >= 0.6 is 0 Å². The Bertz CT molecular complexity index is 733. The first-order chi connectivity index (χ1) is 13.9. The Morgan fingerprint density at radius 2 is 1.74 bits per heavy atom. The molecule has 0 spiro atoms. The Labute approximate surface area is 174 Å². The highest BCUT2D eigenvalue weighted by Crippen LogP contribution is 2.62. The average molecular weight is 462 g/mol. The zero-order chi connectivity index (χ0) is 23.7. The molecule has 6 nitrogen and oxygen atoms in total. The number of esters is 1. The molecule has 178 valence electrons. The minimum absolute atomic E-state index is 0.274. The SMILES string of the molecule is C=C(C)C(O)OC1C2CC3C1OC(=O)C3C2C(C)(C)OCC(O)(C(F)(F)F)C(F)(F)F. The van der Waals surface area contributed by atoms with Crippen LogP contribution in [0.2, 0.25) is 0 Å². The predicted octanol–water partition coefficient (Wildman–Crippen LogP) is 2.72. The summed E-state index contributed by atoms with van der Waals surface area (Å²) in [6.07, 6.45) is -14.6. The number of rotatable bonds is 7. The second-order valence-electron chi connectivity index (χ2n) is 9.06. The van der Waals surface area contributed by atoms with Crippen molar-refractivity contribution in [2.24, 2.45) is 23.7 Å². The van der Waals surface area contributed by atoms with Crippen molar-refractivity contribution in [3.8, 4) is 0 Å². The number of aliphatic hydroxyl groups excluding tert-OH is 1. The van der Waals surface area contributed by atoms with E-state index in [0.29, 0.717) is 6.42 Å². The van der Waals surface area contributed by atoms with Gasteiger partial charge in [0.1, 0.15) is 12.2 Å². The lowest BCUT2D eigenvalue weighted by atomic mass is 9.70. The standard InChI is InChI=1S/C19H24F6O6/c1-7(2)14(26)30-13-9-5-8-10(15(27)31-12(8)13)11(9)16(3,4)29-6-17(28,18(20,21)22)19(23,24)25/h8-14,26,28H,1,5-6H2,2-4H3. The minimum atomic E-state index is -6.02. The van der Waals surface area contributed by atoms with Crippen molar-refractivity contribution in [3.05, 3.63) is 12.2 Å². The number of fused-ring (bicyclic) bond motifs is 1. The maximum atomic E-state index is 13.0. The van der Waals surface area contributed by atoms with Gasteiger partial charge in [0.05, 0.1) is 18.1 Å². The fourth-order valence-corrected chi connectivity index (χ4v) is 5.10. The molecule has 1 heterocycles. The molecule has 1 aliphatic heterocycles. The summed E-state index contributed by atoms with van der Waals surface area (Å²) in [6, 6.07) is 0. The minimum Gasteiger partial charge on any atom is -0.459 e. The van der Waals surface area contributed by atoms with Crippen LogP contribution in [-0.4, -0.2) is 64.8 Å². The zero-order valence-corrected chi connectivity index (χ0v) is 17.0. The normalized spacial score (nSPS) is 34.2. The van der Waals surface area contributed by atoms with Crippen LogP contribution in [0.3, 0.4) is 0 Å². The van der Waals surface area contributed by atoms with Gasteiger partial charge in [0.2, 0.25) is 0 Å². The molecule has 2 aliphatic carbocycles. The van der Waals surface area contributed by atoms with Crippen LogP contribution in [0.15, 0.2) is 12.2 Å². The zero-order valence-electron chi connectivity index (χ0n) is 17.0. The highest BCUT2D eigenvalue weighted by atomic mass is 19.4. The van der Waals surface area contributed by atoms with Gasteiger partial charge in [0.25, 0.3) is 5.60 Å². The summed E-state index contributed by atoms with van der Waals surface area (Å²) in [5.41, 5.74) is -6.48. The quantitative estimate of drug-likeness (QED) is 0.262. The van der Waals surface area contributed by atoms with Gasteiger partial charge < -0.3 is 24.4 Å². The first-order valence-electron chi connectivity index (χ1n) is 9.61. The maximum absolute atomic E-state index is 13.0. The third kappa shape index (κ3) is 3.75. The van der Waals surface area contributed by atoms with Gasteiger partial charge in [0.15, 0.2) is 6.29 Å². The summed E-state index contributed by atoms with van der Waals surface area (Å²) < 4.78 is 94.1. The molecule has 3 rings (SSSR count). The molecule has 2 bridgehead atoms. The molecule has 0 aromatic rings. The Hall–Kier alpha value is -1.37. The lowest BCUT2D eigenvalue weighted by molar-refractivity contribution is -0.383. The van der Waals surface area contributed by atoms with E-state index < -0.39 is 72.4 Å². The van der Waals surface area contributed by atoms with Crippen LogP contribution in [0.25, 0.3) is 0 Å². The molecule has 0 aromatic carbocycles. The fourth-order valence-electron chi connectivity index (χ4n) is 5.10. The number of ether oxygens (including phenoxy) is 3. The maximum Gasteiger partial charge on any atom is 0.428 e. The highest BCUT2D eigenvalue weighted by Gasteiger charge is 2.73. The highest BCUT2D eigenvalue weighted by molar-refractivity contribution is 5.77. The van der Waals surface area contributed by atoms with Gasteiger partial charge in [-0.25, -0.2) is 0 Å². The third-order valence-electron chi connectivity index (χ3n) is 6.65. The molecule has 3 aliphatic rings. The van der Waals surface area contributed by atoms with E-state index in [1.165, 1.54) is 20.8 Å². The number of hydrogen-bond donors (Lipinski definition) is 2. The number of carbonyl (C=O) groups is 1. The van der Waals surface area contributed by atoms with Crippen LogP contribution in [0.5, 0.6) is 0 Å². The third-order valence-corrected chi connectivity index (χ3v) is 6.65. The smallest absolute Gasteiger partial charge is 0.428 e. The molecular formula is C19H24F6O6. The van der Waals surface area contributed by atoms with Crippen molar-refractivity contribution in [2.45, 2.75) is 69.2 Å². The largest absolute Gasteiger partial charge is 0.459 e. The number of alkyl halides is 6. The summed E-state index contributed by atoms with van der Waals surface area (Å²) in [6.45, 7) is 5.49. The molecule has 1 saturated heterocycles. The van der Waals surface area contributed by atoms with Crippen LogP contribution in [-0.2, 0) is 19.0 Å². The summed E-state index contributed by atoms with van der Waals surface area (Å²) in [5.74, 6) is -3.18. The van der Waals surface area contributed by atoms with Crippen molar-refractivity contribution in [1.29, 1.82) is 0 Å². The van der Waals surface area contributed by atoms with Crippen molar-refractivity contribution in [3.63, 3.8) is 0 Å². The van der Waals surface area contributed by atoms with E-state index in [2.05, 4.69) is 6.58 Å². The lowest BCUT2D eigenvalue weighted by Gasteiger charge is -2.43. The van der Waals surface area contributed by atoms with Gasteiger partial charge in [0, 0.05) is 11.8 Å². The molecular weight excluding hydrogens is 438 g/mol. The summed E-state index contributed by atoms with van der Waals surface area (Å²) >= 11 is 0. The molecule has 2 N–H and O–H groups in total. The number of carbonyl (C=O) groups excluding carboxylic acids is 1. The van der Waals surface area contributed by atoms with Crippen molar-refractivity contribution >= 4 is 5.97 Å². The first kappa shape index (κ1) is 24.3. The number of halogens is 6. The molecule has 12 heteroatoms. The van der Waals surface area contributed by atoms with Gasteiger partial charge in [-0.1, -0.05) is 6.58 Å². The van der Waals surface area contributed by atoms with Crippen LogP contribution in [0.1, 0.15) is 27.2 Å². The summed E-state index contributed by atoms with van der Waals surface area (Å²) in [4.78, 5) is 12.4. The van der Waals surface area contributed by atoms with E-state index in [1.54, 1.807) is 0 Å². The van der Waals surface area contributed by atoms with E-state index >= 15 is 0 Å². The molecule has 31 heavy (non-hydrogen) atoms. The second-order valence-corrected chi connectivity index (χ2v) is 9.06. The molecule has 2 saturated carbocycles.